The van der Waals surface area contributed by atoms with Crippen molar-refractivity contribution in [2.75, 3.05) is 39.5 Å². The maximum absolute atomic E-state index is 13.2. The van der Waals surface area contributed by atoms with Crippen molar-refractivity contribution in [1.82, 2.24) is 9.21 Å². The second-order valence-electron chi connectivity index (χ2n) is 6.06. The van der Waals surface area contributed by atoms with Crippen LogP contribution >= 0.6 is 0 Å². The second kappa shape index (κ2) is 7.38. The number of benzene rings is 2. The van der Waals surface area contributed by atoms with Gasteiger partial charge in [0.2, 0.25) is 10.0 Å². The van der Waals surface area contributed by atoms with Crippen LogP contribution in [0, 0.1) is 0 Å². The Morgan fingerprint density at radius 2 is 1.71 bits per heavy atom. The highest BCUT2D eigenvalue weighted by Gasteiger charge is 2.27. The van der Waals surface area contributed by atoms with Crippen LogP contribution < -0.4 is 5.73 Å². The van der Waals surface area contributed by atoms with Gasteiger partial charge in [0.05, 0.1) is 10.6 Å². The number of fused-ring (bicyclic) bond motifs is 1. The molecule has 0 unspecified atom stereocenters. The van der Waals surface area contributed by atoms with Crippen LogP contribution in [0.15, 0.2) is 35.2 Å². The van der Waals surface area contributed by atoms with E-state index >= 15 is 0 Å². The van der Waals surface area contributed by atoms with Crippen molar-refractivity contribution in [3.63, 3.8) is 0 Å². The van der Waals surface area contributed by atoms with Crippen molar-refractivity contribution in [2.24, 2.45) is 0 Å². The molecule has 6 nitrogen and oxygen atoms in total. The molecule has 0 aliphatic heterocycles. The summed E-state index contributed by atoms with van der Waals surface area (Å²) in [5, 5.41) is 11.1. The normalized spacial score (nSPS) is 12.4. The summed E-state index contributed by atoms with van der Waals surface area (Å²) < 4.78 is 27.8. The Morgan fingerprint density at radius 3 is 2.29 bits per heavy atom. The van der Waals surface area contributed by atoms with Crippen LogP contribution in [0.4, 0.5) is 5.69 Å². The predicted octanol–water partition coefficient (Wildman–Crippen LogP) is 2.09. The van der Waals surface area contributed by atoms with Gasteiger partial charge in [-0.25, -0.2) is 8.42 Å². The van der Waals surface area contributed by atoms with Gasteiger partial charge in [0.25, 0.3) is 0 Å². The Hall–Kier alpha value is -1.83. The molecule has 0 aliphatic carbocycles. The van der Waals surface area contributed by atoms with E-state index in [2.05, 4.69) is 0 Å². The molecule has 2 aromatic rings. The van der Waals surface area contributed by atoms with E-state index in [0.29, 0.717) is 36.8 Å². The molecule has 0 amide bonds. The van der Waals surface area contributed by atoms with Gasteiger partial charge in [-0.05, 0) is 20.5 Å². The number of hydrogen-bond acceptors (Lipinski definition) is 5. The molecule has 132 valence electrons. The van der Waals surface area contributed by atoms with Crippen LogP contribution in [0.2, 0.25) is 0 Å². The Kier molecular flexibility index (Phi) is 5.69. The van der Waals surface area contributed by atoms with Gasteiger partial charge < -0.3 is 15.7 Å². The molecular weight excluding hydrogens is 326 g/mol. The van der Waals surface area contributed by atoms with Crippen molar-refractivity contribution in [3.05, 3.63) is 30.3 Å². The van der Waals surface area contributed by atoms with Crippen LogP contribution in [0.3, 0.4) is 0 Å². The predicted molar refractivity (Wildman–Crippen MR) is 97.6 cm³/mol. The minimum atomic E-state index is -3.73. The summed E-state index contributed by atoms with van der Waals surface area (Å²) >= 11 is 0. The molecule has 0 saturated heterocycles. The zero-order valence-corrected chi connectivity index (χ0v) is 15.2. The van der Waals surface area contributed by atoms with Crippen molar-refractivity contribution in [1.29, 1.82) is 0 Å². The first kappa shape index (κ1) is 18.5. The highest BCUT2D eigenvalue weighted by Crippen LogP contribution is 2.36. The van der Waals surface area contributed by atoms with E-state index in [1.165, 1.54) is 10.4 Å². The molecule has 0 aliphatic rings. The van der Waals surface area contributed by atoms with E-state index in [-0.39, 0.29) is 16.3 Å². The quantitative estimate of drug-likeness (QED) is 0.589. The Bertz CT molecular complexity index is 819. The number of aromatic hydroxyl groups is 1. The first-order chi connectivity index (χ1) is 11.3. The summed E-state index contributed by atoms with van der Waals surface area (Å²) in [6.07, 6.45) is 0.714. The topological polar surface area (TPSA) is 86.9 Å². The first-order valence-corrected chi connectivity index (χ1v) is 9.38. The zero-order valence-electron chi connectivity index (χ0n) is 14.4. The van der Waals surface area contributed by atoms with E-state index in [1.807, 2.05) is 25.9 Å². The summed E-state index contributed by atoms with van der Waals surface area (Å²) in [5.74, 6) is -0.212. The molecule has 3 N–H and O–H groups in total. The number of sulfonamides is 1. The van der Waals surface area contributed by atoms with Gasteiger partial charge >= 0.3 is 0 Å². The van der Waals surface area contributed by atoms with Gasteiger partial charge in [-0.15, -0.1) is 0 Å². The van der Waals surface area contributed by atoms with Crippen molar-refractivity contribution in [3.8, 4) is 5.75 Å². The molecular formula is C17H25N3O3S. The third-order valence-electron chi connectivity index (χ3n) is 3.91. The number of anilines is 1. The molecule has 0 aromatic heterocycles. The Morgan fingerprint density at radius 1 is 1.08 bits per heavy atom. The molecule has 0 radical (unpaired) electrons. The lowest BCUT2D eigenvalue weighted by molar-refractivity contribution is 0.333. The number of rotatable bonds is 7. The lowest BCUT2D eigenvalue weighted by atomic mass is 10.1. The highest BCUT2D eigenvalue weighted by atomic mass is 32.2. The van der Waals surface area contributed by atoms with Gasteiger partial charge in [-0.1, -0.05) is 31.2 Å². The minimum absolute atomic E-state index is 0.0945. The lowest BCUT2D eigenvalue weighted by Crippen LogP contribution is -2.37. The van der Waals surface area contributed by atoms with Crippen LogP contribution in [-0.4, -0.2) is 56.5 Å². The molecule has 2 rings (SSSR count). The average molecular weight is 351 g/mol. The number of hydrogen-bond donors (Lipinski definition) is 2. The number of nitrogen functional groups attached to an aromatic ring is 1. The summed E-state index contributed by atoms with van der Waals surface area (Å²) in [5.41, 5.74) is 6.09. The standard InChI is InChI=1S/C17H25N3O3S/c1-4-9-20(11-10-19(2)3)24(22,23)16-12-15(21)17(18)14-8-6-5-7-13(14)16/h5-8,12,21H,4,9-11,18H2,1-3H3. The van der Waals surface area contributed by atoms with E-state index in [4.69, 9.17) is 5.73 Å². The summed E-state index contributed by atoms with van der Waals surface area (Å²) in [6, 6.07) is 8.22. The maximum Gasteiger partial charge on any atom is 0.243 e. The van der Waals surface area contributed by atoms with Gasteiger partial charge in [0.1, 0.15) is 5.75 Å². The second-order valence-corrected chi connectivity index (χ2v) is 7.97. The minimum Gasteiger partial charge on any atom is -0.506 e. The number of nitrogens with zero attached hydrogens (tertiary/aromatic N) is 2. The molecule has 7 heteroatoms. The van der Waals surface area contributed by atoms with Gasteiger partial charge in [-0.3, -0.25) is 0 Å². The molecule has 0 atom stereocenters. The van der Waals surface area contributed by atoms with Gasteiger partial charge in [-0.2, -0.15) is 4.31 Å². The average Bonchev–Trinajstić information content (AvgIpc) is 2.54. The molecule has 0 fully saturated rings. The van der Waals surface area contributed by atoms with E-state index in [9.17, 15) is 13.5 Å². The summed E-state index contributed by atoms with van der Waals surface area (Å²) in [7, 11) is 0.0743. The molecule has 0 heterocycles. The fourth-order valence-electron chi connectivity index (χ4n) is 2.62. The van der Waals surface area contributed by atoms with Gasteiger partial charge in [0, 0.05) is 36.5 Å². The Labute approximate surface area is 143 Å². The van der Waals surface area contributed by atoms with Crippen LogP contribution in [0.25, 0.3) is 10.8 Å². The van der Waals surface area contributed by atoms with Crippen LogP contribution in [-0.2, 0) is 10.0 Å². The van der Waals surface area contributed by atoms with Gasteiger partial charge in [0.15, 0.2) is 0 Å². The third kappa shape index (κ3) is 3.63. The smallest absolute Gasteiger partial charge is 0.243 e. The monoisotopic (exact) mass is 351 g/mol. The van der Waals surface area contributed by atoms with Crippen LogP contribution in [0.5, 0.6) is 5.75 Å². The van der Waals surface area contributed by atoms with Crippen molar-refractivity contribution in [2.45, 2.75) is 18.2 Å². The largest absolute Gasteiger partial charge is 0.506 e. The molecule has 2 aromatic carbocycles. The molecule has 0 bridgehead atoms. The fraction of sp³-hybridized carbons (Fsp3) is 0.412. The highest BCUT2D eigenvalue weighted by molar-refractivity contribution is 7.89. The molecule has 24 heavy (non-hydrogen) atoms. The number of nitrogens with two attached hydrogens (primary N) is 1. The van der Waals surface area contributed by atoms with Crippen LogP contribution in [0.1, 0.15) is 13.3 Å². The molecule has 0 saturated carbocycles. The van der Waals surface area contributed by atoms with Crippen molar-refractivity contribution < 1.29 is 13.5 Å². The lowest BCUT2D eigenvalue weighted by Gasteiger charge is -2.24. The fourth-order valence-corrected chi connectivity index (χ4v) is 4.36. The zero-order chi connectivity index (χ0) is 17.9. The van der Waals surface area contributed by atoms with E-state index < -0.39 is 10.0 Å². The van der Waals surface area contributed by atoms with E-state index in [1.54, 1.807) is 24.3 Å². The maximum atomic E-state index is 13.2. The van der Waals surface area contributed by atoms with E-state index in [0.717, 1.165) is 0 Å². The summed E-state index contributed by atoms with van der Waals surface area (Å²) in [6.45, 7) is 3.38. The number of phenols is 1. The number of likely N-dealkylation sites (N-methyl/N-ethyl adjacent to an activating group) is 1. The summed E-state index contributed by atoms with van der Waals surface area (Å²) in [4.78, 5) is 2.04. The molecule has 0 spiro atoms. The number of phenolic OH excluding ortho intramolecular Hbond substituents is 1. The van der Waals surface area contributed by atoms with Crippen molar-refractivity contribution >= 4 is 26.5 Å². The first-order valence-electron chi connectivity index (χ1n) is 7.94. The SMILES string of the molecule is CCCN(CCN(C)C)S(=O)(=O)c1cc(O)c(N)c2ccccc12. The Balaban J connectivity index is 2.59. The third-order valence-corrected chi connectivity index (χ3v) is 5.85.